The number of fused-ring (bicyclic) bond motifs is 13. The summed E-state index contributed by atoms with van der Waals surface area (Å²) < 4.78 is 0. The minimum atomic E-state index is -0.220. The number of pyridine rings is 2. The first-order chi connectivity index (χ1) is 29.2. The summed E-state index contributed by atoms with van der Waals surface area (Å²) in [6.07, 6.45) is 21.9. The lowest BCUT2D eigenvalue weighted by molar-refractivity contribution is 0.103. The van der Waals surface area contributed by atoms with E-state index < -0.39 is 0 Å². The van der Waals surface area contributed by atoms with Gasteiger partial charge in [-0.1, -0.05) is 113 Å². The highest BCUT2D eigenvalue weighted by Crippen LogP contribution is 2.60. The number of aromatic nitrogens is 2. The topological polar surface area (TPSA) is 49.3 Å². The van der Waals surface area contributed by atoms with E-state index in [0.29, 0.717) is 33.7 Å². The fourth-order valence-electron chi connectivity index (χ4n) is 11.1. The maximum atomic E-state index is 14.2. The lowest BCUT2D eigenvalue weighted by atomic mass is 9.72. The van der Waals surface area contributed by atoms with Crippen molar-refractivity contribution in [2.75, 3.05) is 9.80 Å². The number of benzene rings is 4. The molecule has 7 heteroatoms. The van der Waals surface area contributed by atoms with Crippen LogP contribution in [0.3, 0.4) is 0 Å². The molecule has 0 saturated heterocycles. The summed E-state index contributed by atoms with van der Waals surface area (Å²) in [6.45, 7) is 9.37. The summed E-state index contributed by atoms with van der Waals surface area (Å²) in [4.78, 5) is 31.6. The predicted molar refractivity (Wildman–Crippen MR) is 246 cm³/mol. The Bertz CT molecular complexity index is 2880. The Kier molecular flexibility index (Phi) is 7.05. The standard InChI is InChI=1S/C53H40N4OS2/c1-52(2)37-15-7-9-17-41(37)56(43-23-33-31-13-5-11-19-45(31)59-47(33)25-39(43)52)29-21-35-36-22-30(28-55-50(36)51(58)49(35)54-27-29)57-42-18-10-8-16-38(42)53(3,4)40-26-48-34(24-44(40)57)32-14-6-12-20-46(32)60-48/h5-28,31-32,45-46H,1-4H3. The number of hydrogen-bond acceptors (Lipinski definition) is 7. The Morgan fingerprint density at radius 3 is 1.42 bits per heavy atom. The van der Waals surface area contributed by atoms with Gasteiger partial charge in [0.25, 0.3) is 0 Å². The van der Waals surface area contributed by atoms with Gasteiger partial charge in [0.15, 0.2) is 0 Å². The zero-order valence-electron chi connectivity index (χ0n) is 33.7. The number of ketones is 1. The Morgan fingerprint density at radius 2 is 0.950 bits per heavy atom. The molecule has 0 N–H and O–H groups in total. The molecular formula is C53H40N4OS2. The minimum Gasteiger partial charge on any atom is -0.308 e. The molecule has 2 aromatic heterocycles. The quantitative estimate of drug-likeness (QED) is 0.172. The van der Waals surface area contributed by atoms with Crippen molar-refractivity contribution in [1.82, 2.24) is 9.97 Å². The molecule has 4 atom stereocenters. The van der Waals surface area contributed by atoms with Crippen LogP contribution in [0.2, 0.25) is 0 Å². The zero-order chi connectivity index (χ0) is 40.2. The number of anilines is 6. The average Bonchev–Trinajstić information content (AvgIpc) is 3.91. The first kappa shape index (κ1) is 34.9. The summed E-state index contributed by atoms with van der Waals surface area (Å²) in [5.74, 6) is 0.542. The lowest BCUT2D eigenvalue weighted by Gasteiger charge is -2.42. The maximum Gasteiger partial charge on any atom is 0.230 e. The Morgan fingerprint density at radius 1 is 0.517 bits per heavy atom. The molecule has 6 heterocycles. The molecule has 4 aliphatic heterocycles. The van der Waals surface area contributed by atoms with Crippen molar-refractivity contribution >= 4 is 63.4 Å². The van der Waals surface area contributed by atoms with Crippen LogP contribution >= 0.6 is 23.5 Å². The maximum absolute atomic E-state index is 14.2. The van der Waals surface area contributed by atoms with Crippen LogP contribution in [0.25, 0.3) is 11.1 Å². The van der Waals surface area contributed by atoms with Crippen LogP contribution in [0, 0.1) is 0 Å². The van der Waals surface area contributed by atoms with Crippen LogP contribution in [-0.2, 0) is 10.8 Å². The second-order valence-corrected chi connectivity index (χ2v) is 20.5. The molecule has 0 amide bonds. The van der Waals surface area contributed by atoms with E-state index in [1.807, 2.05) is 35.9 Å². The number of nitrogens with zero attached hydrogens (tertiary/aromatic N) is 4. The molecule has 13 rings (SSSR count). The Labute approximate surface area is 358 Å². The van der Waals surface area contributed by atoms with Crippen LogP contribution in [0.5, 0.6) is 0 Å². The first-order valence-corrected chi connectivity index (χ1v) is 22.7. The van der Waals surface area contributed by atoms with Crippen molar-refractivity contribution in [2.24, 2.45) is 0 Å². The van der Waals surface area contributed by atoms with E-state index in [9.17, 15) is 4.79 Å². The smallest absolute Gasteiger partial charge is 0.230 e. The zero-order valence-corrected chi connectivity index (χ0v) is 35.3. The van der Waals surface area contributed by atoms with Gasteiger partial charge in [-0.05, 0) is 81.9 Å². The molecule has 4 aromatic carbocycles. The Hall–Kier alpha value is -5.89. The molecule has 0 saturated carbocycles. The average molecular weight is 813 g/mol. The normalized spacial score (nSPS) is 23.2. The van der Waals surface area contributed by atoms with Crippen LogP contribution in [-0.4, -0.2) is 26.3 Å². The van der Waals surface area contributed by atoms with E-state index in [-0.39, 0.29) is 16.6 Å². The molecule has 290 valence electrons. The second-order valence-electron chi connectivity index (χ2n) is 18.0. The van der Waals surface area contributed by atoms with E-state index in [4.69, 9.17) is 9.97 Å². The van der Waals surface area contributed by atoms with Gasteiger partial charge in [-0.15, -0.1) is 23.5 Å². The fraction of sp³-hybridized carbons (Fsp3) is 0.189. The largest absolute Gasteiger partial charge is 0.308 e. The van der Waals surface area contributed by atoms with E-state index in [2.05, 4.69) is 171 Å². The van der Waals surface area contributed by atoms with Crippen LogP contribution in [0.1, 0.15) is 89.1 Å². The van der Waals surface area contributed by atoms with Crippen molar-refractivity contribution in [3.8, 4) is 11.1 Å². The highest BCUT2D eigenvalue weighted by Gasteiger charge is 2.44. The van der Waals surface area contributed by atoms with Gasteiger partial charge in [0.1, 0.15) is 11.4 Å². The van der Waals surface area contributed by atoms with Gasteiger partial charge in [0, 0.05) is 54.1 Å². The van der Waals surface area contributed by atoms with Crippen LogP contribution < -0.4 is 9.80 Å². The predicted octanol–water partition coefficient (Wildman–Crippen LogP) is 13.3. The highest BCUT2D eigenvalue weighted by molar-refractivity contribution is 8.00. The van der Waals surface area contributed by atoms with Gasteiger partial charge in [0.2, 0.25) is 5.78 Å². The van der Waals surface area contributed by atoms with Gasteiger partial charge < -0.3 is 9.80 Å². The van der Waals surface area contributed by atoms with E-state index in [1.165, 1.54) is 54.5 Å². The molecule has 0 spiro atoms. The van der Waals surface area contributed by atoms with Crippen LogP contribution in [0.15, 0.2) is 156 Å². The number of carbonyl (C=O) groups excluding carboxylic acids is 1. The fourth-order valence-corrected chi connectivity index (χ4v) is 13.8. The third-order valence-corrected chi connectivity index (χ3v) is 16.8. The van der Waals surface area contributed by atoms with E-state index in [1.54, 1.807) is 0 Å². The first-order valence-electron chi connectivity index (χ1n) is 20.9. The molecule has 60 heavy (non-hydrogen) atoms. The SMILES string of the molecule is CC1(C)c2ccccc2N(c2cnc3c(c2)-c2cc(N4c5ccccc5C(C)(C)c5cc6c(cc54)C4C=CC=CC4S6)cnc2C3=O)c2cc3c(cc21)SC1C=CC=CC31. The Balaban J connectivity index is 0.978. The molecule has 5 nitrogen and oxygen atoms in total. The molecule has 0 bridgehead atoms. The van der Waals surface area contributed by atoms with Crippen molar-refractivity contribution in [3.63, 3.8) is 0 Å². The molecule has 4 unspecified atom stereocenters. The lowest BCUT2D eigenvalue weighted by Crippen LogP contribution is -2.31. The van der Waals surface area contributed by atoms with Crippen molar-refractivity contribution < 1.29 is 4.79 Å². The molecule has 7 aliphatic rings. The van der Waals surface area contributed by atoms with Gasteiger partial charge in [0.05, 0.1) is 46.5 Å². The number of allylic oxidation sites excluding steroid dienone is 6. The van der Waals surface area contributed by atoms with Crippen molar-refractivity contribution in [3.05, 3.63) is 191 Å². The summed E-state index contributed by atoms with van der Waals surface area (Å²) >= 11 is 3.94. The highest BCUT2D eigenvalue weighted by atomic mass is 32.2. The number of thioether (sulfide) groups is 2. The van der Waals surface area contributed by atoms with Gasteiger partial charge in [-0.2, -0.15) is 0 Å². The van der Waals surface area contributed by atoms with Gasteiger partial charge >= 0.3 is 0 Å². The monoisotopic (exact) mass is 812 g/mol. The summed E-state index contributed by atoms with van der Waals surface area (Å²) in [7, 11) is 0. The van der Waals surface area contributed by atoms with Gasteiger partial charge in [-0.3, -0.25) is 4.79 Å². The molecule has 0 radical (unpaired) electrons. The van der Waals surface area contributed by atoms with Crippen LogP contribution in [0.4, 0.5) is 34.1 Å². The molecular weight excluding hydrogens is 773 g/mol. The number of carbonyl (C=O) groups is 1. The number of para-hydroxylation sites is 2. The second kappa shape index (κ2) is 12.1. The third-order valence-electron chi connectivity index (χ3n) is 14.1. The minimum absolute atomic E-state index is 0.129. The third kappa shape index (κ3) is 4.60. The number of rotatable bonds is 2. The summed E-state index contributed by atoms with van der Waals surface area (Å²) in [5.41, 5.74) is 16.4. The number of hydrogen-bond donors (Lipinski definition) is 0. The van der Waals surface area contributed by atoms with Crippen molar-refractivity contribution in [1.29, 1.82) is 0 Å². The molecule has 0 fully saturated rings. The van der Waals surface area contributed by atoms with E-state index >= 15 is 0 Å². The molecule has 3 aliphatic carbocycles. The summed E-state index contributed by atoms with van der Waals surface area (Å²) in [6, 6.07) is 31.6. The van der Waals surface area contributed by atoms with Crippen molar-refractivity contribution in [2.45, 2.75) is 70.7 Å². The van der Waals surface area contributed by atoms with E-state index in [0.717, 1.165) is 33.9 Å². The summed E-state index contributed by atoms with van der Waals surface area (Å²) in [5, 5.41) is 0.808. The van der Waals surface area contributed by atoms with Gasteiger partial charge in [-0.25, -0.2) is 9.97 Å². The molecule has 6 aromatic rings.